The molecule has 2 atom stereocenters. The van der Waals surface area contributed by atoms with Crippen LogP contribution in [0.3, 0.4) is 0 Å². The summed E-state index contributed by atoms with van der Waals surface area (Å²) in [6, 6.07) is 16.9. The van der Waals surface area contributed by atoms with E-state index in [1.807, 2.05) is 18.2 Å². The zero-order valence-electron chi connectivity index (χ0n) is 19.7. The van der Waals surface area contributed by atoms with Crippen molar-refractivity contribution in [1.29, 1.82) is 5.41 Å². The minimum Gasteiger partial charge on any atom is -0.481 e. The number of aliphatic carboxylic acids is 1. The Hall–Kier alpha value is -3.94. The summed E-state index contributed by atoms with van der Waals surface area (Å²) in [5.74, 6) is -1.84. The molecular formula is C27H32N4O4. The van der Waals surface area contributed by atoms with E-state index in [0.29, 0.717) is 31.5 Å². The maximum atomic E-state index is 12.9. The number of aryl methyl sites for hydroxylation is 1. The summed E-state index contributed by atoms with van der Waals surface area (Å²) in [4.78, 5) is 38.1. The molecule has 0 saturated carbocycles. The molecule has 184 valence electrons. The summed E-state index contributed by atoms with van der Waals surface area (Å²) in [6.45, 7) is 0.956. The molecule has 1 aliphatic rings. The second-order valence-electron chi connectivity index (χ2n) is 8.75. The van der Waals surface area contributed by atoms with Gasteiger partial charge in [0.2, 0.25) is 11.8 Å². The number of nitrogens with one attached hydrogen (secondary N) is 2. The number of amidine groups is 1. The fraction of sp³-hybridized carbons (Fsp3) is 0.333. The van der Waals surface area contributed by atoms with Crippen LogP contribution in [0.1, 0.15) is 42.4 Å². The van der Waals surface area contributed by atoms with Gasteiger partial charge in [0.25, 0.3) is 0 Å². The molecule has 1 fully saturated rings. The molecular weight excluding hydrogens is 444 g/mol. The molecule has 0 aliphatic carbocycles. The molecule has 2 amide bonds. The zero-order chi connectivity index (χ0) is 25.2. The highest BCUT2D eigenvalue weighted by atomic mass is 16.4. The van der Waals surface area contributed by atoms with Gasteiger partial charge in [0.05, 0.1) is 12.3 Å². The molecule has 0 bridgehead atoms. The number of nitrogens with two attached hydrogens (primary N) is 1. The molecule has 1 aliphatic heterocycles. The monoisotopic (exact) mass is 476 g/mol. The standard InChI is InChI=1S/C27H32N4O4/c28-26(29)21-11-8-20(9-12-21)10-13-24(32)30-15-14-23-17-22(18-25(33)34)27(35)31(23)16-4-7-19-5-2-1-3-6-19/h1-3,5-6,8-13,22-23H,4,7,14-18H2,(H3,28,29)(H,30,32)(H,33,34)/b13-10+/t22-,23+/m0/s1. The van der Waals surface area contributed by atoms with Crippen molar-refractivity contribution >= 4 is 29.7 Å². The number of carboxylic acid groups (broad SMARTS) is 1. The third kappa shape index (κ3) is 7.81. The number of hydrogen-bond donors (Lipinski definition) is 4. The quantitative estimate of drug-likeness (QED) is 0.212. The number of rotatable bonds is 12. The smallest absolute Gasteiger partial charge is 0.304 e. The summed E-state index contributed by atoms with van der Waals surface area (Å²) in [5, 5.41) is 19.4. The van der Waals surface area contributed by atoms with Crippen molar-refractivity contribution in [3.8, 4) is 0 Å². The van der Waals surface area contributed by atoms with Crippen molar-refractivity contribution in [2.75, 3.05) is 13.1 Å². The molecule has 2 aromatic rings. The van der Waals surface area contributed by atoms with Gasteiger partial charge in [-0.15, -0.1) is 0 Å². The zero-order valence-corrected chi connectivity index (χ0v) is 19.7. The SMILES string of the molecule is N=C(N)c1ccc(/C=C/C(=O)NCC[C@@H]2C[C@@H](CC(=O)O)C(=O)N2CCCc2ccccc2)cc1. The highest BCUT2D eigenvalue weighted by molar-refractivity contribution is 5.95. The van der Waals surface area contributed by atoms with E-state index in [4.69, 9.17) is 11.1 Å². The number of hydrogen-bond acceptors (Lipinski definition) is 4. The van der Waals surface area contributed by atoms with Crippen LogP contribution in [-0.4, -0.2) is 52.8 Å². The van der Waals surface area contributed by atoms with E-state index in [1.54, 1.807) is 35.2 Å². The summed E-state index contributed by atoms with van der Waals surface area (Å²) in [6.07, 6.45) is 5.65. The van der Waals surface area contributed by atoms with Crippen LogP contribution in [-0.2, 0) is 20.8 Å². The van der Waals surface area contributed by atoms with E-state index >= 15 is 0 Å². The number of benzene rings is 2. The lowest BCUT2D eigenvalue weighted by atomic mass is 10.00. The highest BCUT2D eigenvalue weighted by Gasteiger charge is 2.39. The van der Waals surface area contributed by atoms with Crippen LogP contribution in [0.4, 0.5) is 0 Å². The Morgan fingerprint density at radius 1 is 1.14 bits per heavy atom. The topological polar surface area (TPSA) is 137 Å². The molecule has 35 heavy (non-hydrogen) atoms. The number of carboxylic acids is 1. The van der Waals surface area contributed by atoms with Gasteiger partial charge < -0.3 is 21.1 Å². The fourth-order valence-electron chi connectivity index (χ4n) is 4.38. The Morgan fingerprint density at radius 2 is 1.86 bits per heavy atom. The van der Waals surface area contributed by atoms with Gasteiger partial charge in [0.1, 0.15) is 5.84 Å². The Labute approximate surface area is 205 Å². The molecule has 5 N–H and O–H groups in total. The molecule has 1 heterocycles. The van der Waals surface area contributed by atoms with Crippen molar-refractivity contribution in [3.05, 3.63) is 77.4 Å². The predicted octanol–water partition coefficient (Wildman–Crippen LogP) is 2.81. The van der Waals surface area contributed by atoms with Gasteiger partial charge in [0, 0.05) is 30.8 Å². The van der Waals surface area contributed by atoms with Crippen LogP contribution < -0.4 is 11.1 Å². The van der Waals surface area contributed by atoms with Gasteiger partial charge in [0.15, 0.2) is 0 Å². The summed E-state index contributed by atoms with van der Waals surface area (Å²) in [7, 11) is 0. The first-order valence-electron chi connectivity index (χ1n) is 11.8. The number of carbonyl (C=O) groups is 3. The fourth-order valence-corrected chi connectivity index (χ4v) is 4.38. The van der Waals surface area contributed by atoms with Crippen molar-refractivity contribution in [3.63, 3.8) is 0 Å². The van der Waals surface area contributed by atoms with Crippen LogP contribution in [0, 0.1) is 11.3 Å². The maximum Gasteiger partial charge on any atom is 0.304 e. The number of likely N-dealkylation sites (tertiary alicyclic amines) is 1. The van der Waals surface area contributed by atoms with Crippen LogP contribution in [0.15, 0.2) is 60.7 Å². The number of carbonyl (C=O) groups excluding carboxylic acids is 2. The van der Waals surface area contributed by atoms with Crippen LogP contribution in [0.25, 0.3) is 6.08 Å². The van der Waals surface area contributed by atoms with Gasteiger partial charge in [-0.3, -0.25) is 19.8 Å². The molecule has 0 radical (unpaired) electrons. The molecule has 0 aromatic heterocycles. The first kappa shape index (κ1) is 25.7. The average Bonchev–Trinajstić information content (AvgIpc) is 3.12. The molecule has 2 aromatic carbocycles. The summed E-state index contributed by atoms with van der Waals surface area (Å²) in [5.41, 5.74) is 8.08. The van der Waals surface area contributed by atoms with Crippen LogP contribution >= 0.6 is 0 Å². The van der Waals surface area contributed by atoms with Gasteiger partial charge in [-0.1, -0.05) is 54.6 Å². The summed E-state index contributed by atoms with van der Waals surface area (Å²) < 4.78 is 0. The molecule has 8 nitrogen and oxygen atoms in total. The highest BCUT2D eigenvalue weighted by Crippen LogP contribution is 2.29. The summed E-state index contributed by atoms with van der Waals surface area (Å²) >= 11 is 0. The van der Waals surface area contributed by atoms with Crippen molar-refractivity contribution < 1.29 is 19.5 Å². The lowest BCUT2D eigenvalue weighted by Crippen LogP contribution is -2.37. The Balaban J connectivity index is 1.51. The lowest BCUT2D eigenvalue weighted by Gasteiger charge is -2.25. The lowest BCUT2D eigenvalue weighted by molar-refractivity contribution is -0.142. The van der Waals surface area contributed by atoms with Crippen LogP contribution in [0.2, 0.25) is 0 Å². The van der Waals surface area contributed by atoms with Crippen molar-refractivity contribution in [1.82, 2.24) is 10.2 Å². The Kier molecular flexibility index (Phi) is 9.17. The van der Waals surface area contributed by atoms with Gasteiger partial charge in [-0.25, -0.2) is 0 Å². The van der Waals surface area contributed by atoms with Crippen LogP contribution in [0.5, 0.6) is 0 Å². The average molecular weight is 477 g/mol. The molecule has 0 spiro atoms. The second-order valence-corrected chi connectivity index (χ2v) is 8.75. The van der Waals surface area contributed by atoms with Gasteiger partial charge >= 0.3 is 5.97 Å². The van der Waals surface area contributed by atoms with E-state index in [1.165, 1.54) is 11.6 Å². The van der Waals surface area contributed by atoms with E-state index in [2.05, 4.69) is 17.4 Å². The van der Waals surface area contributed by atoms with Crippen molar-refractivity contribution in [2.24, 2.45) is 11.7 Å². The Morgan fingerprint density at radius 3 is 2.51 bits per heavy atom. The predicted molar refractivity (Wildman–Crippen MR) is 135 cm³/mol. The normalized spacial score (nSPS) is 17.6. The molecule has 3 rings (SSSR count). The first-order chi connectivity index (χ1) is 16.8. The Bertz CT molecular complexity index is 1070. The van der Waals surface area contributed by atoms with E-state index in [0.717, 1.165) is 18.4 Å². The second kappa shape index (κ2) is 12.5. The first-order valence-corrected chi connectivity index (χ1v) is 11.8. The third-order valence-corrected chi connectivity index (χ3v) is 6.18. The largest absolute Gasteiger partial charge is 0.481 e. The number of nitrogen functional groups attached to an aromatic ring is 1. The van der Waals surface area contributed by atoms with Gasteiger partial charge in [-0.2, -0.15) is 0 Å². The van der Waals surface area contributed by atoms with Crippen molar-refractivity contribution in [2.45, 2.75) is 38.1 Å². The molecule has 8 heteroatoms. The minimum absolute atomic E-state index is 0.0108. The third-order valence-electron chi connectivity index (χ3n) is 6.18. The number of amides is 2. The molecule has 1 saturated heterocycles. The number of nitrogens with zero attached hydrogens (tertiary/aromatic N) is 1. The van der Waals surface area contributed by atoms with E-state index in [9.17, 15) is 19.5 Å². The minimum atomic E-state index is -0.969. The van der Waals surface area contributed by atoms with Gasteiger partial charge in [-0.05, 0) is 42.9 Å². The maximum absolute atomic E-state index is 12.9. The van der Waals surface area contributed by atoms with E-state index < -0.39 is 11.9 Å². The van der Waals surface area contributed by atoms with E-state index in [-0.39, 0.29) is 30.1 Å². The molecule has 0 unspecified atom stereocenters.